The maximum atomic E-state index is 11.6. The molecule has 1 aromatic rings. The molecule has 7 heteroatoms. The molecule has 2 aliphatic rings. The van der Waals surface area contributed by atoms with Gasteiger partial charge in [0.2, 0.25) is 5.89 Å². The largest absolute Gasteiger partial charge is 0.481 e. The molecule has 0 unspecified atom stereocenters. The minimum absolute atomic E-state index is 0. The van der Waals surface area contributed by atoms with Gasteiger partial charge in [-0.15, -0.1) is 12.4 Å². The average molecular weight is 330 g/mol. The van der Waals surface area contributed by atoms with Crippen LogP contribution < -0.4 is 0 Å². The minimum Gasteiger partial charge on any atom is -0.481 e. The summed E-state index contributed by atoms with van der Waals surface area (Å²) in [7, 11) is 0. The highest BCUT2D eigenvalue weighted by Gasteiger charge is 2.54. The van der Waals surface area contributed by atoms with Gasteiger partial charge in [0.15, 0.2) is 5.82 Å². The van der Waals surface area contributed by atoms with Gasteiger partial charge in [-0.2, -0.15) is 4.98 Å². The molecular formula is C15H24ClN3O3. The summed E-state index contributed by atoms with van der Waals surface area (Å²) in [5, 5.41) is 13.6. The van der Waals surface area contributed by atoms with E-state index in [-0.39, 0.29) is 18.3 Å². The molecule has 0 bridgehead atoms. The van der Waals surface area contributed by atoms with Gasteiger partial charge in [-0.3, -0.25) is 9.69 Å². The Balaban J connectivity index is 0.00000176. The van der Waals surface area contributed by atoms with Gasteiger partial charge in [0, 0.05) is 19.5 Å². The van der Waals surface area contributed by atoms with Gasteiger partial charge in [0.05, 0.1) is 12.0 Å². The SMILES string of the molecule is CCCCc1nc(CN2C[C@@H]3CCC[C@@]3(C(=O)O)C2)no1.Cl. The number of carbonyl (C=O) groups is 1. The molecule has 0 aromatic carbocycles. The van der Waals surface area contributed by atoms with Gasteiger partial charge < -0.3 is 9.63 Å². The van der Waals surface area contributed by atoms with Crippen LogP contribution in [0.3, 0.4) is 0 Å². The fourth-order valence-corrected chi connectivity index (χ4v) is 3.85. The summed E-state index contributed by atoms with van der Waals surface area (Å²) in [4.78, 5) is 18.2. The molecular weight excluding hydrogens is 306 g/mol. The van der Waals surface area contributed by atoms with Crippen molar-refractivity contribution in [2.75, 3.05) is 13.1 Å². The van der Waals surface area contributed by atoms with Crippen molar-refractivity contribution >= 4 is 18.4 Å². The lowest BCUT2D eigenvalue weighted by Crippen LogP contribution is -2.35. The van der Waals surface area contributed by atoms with E-state index < -0.39 is 11.4 Å². The van der Waals surface area contributed by atoms with E-state index in [2.05, 4.69) is 22.0 Å². The monoisotopic (exact) mass is 329 g/mol. The van der Waals surface area contributed by atoms with Crippen LogP contribution in [0.2, 0.25) is 0 Å². The van der Waals surface area contributed by atoms with E-state index >= 15 is 0 Å². The van der Waals surface area contributed by atoms with Crippen molar-refractivity contribution in [2.24, 2.45) is 11.3 Å². The zero-order valence-corrected chi connectivity index (χ0v) is 13.8. The van der Waals surface area contributed by atoms with Gasteiger partial charge in [0.1, 0.15) is 0 Å². The molecule has 1 aliphatic heterocycles. The van der Waals surface area contributed by atoms with Crippen LogP contribution in [-0.2, 0) is 17.8 Å². The Kier molecular flexibility index (Phi) is 5.45. The lowest BCUT2D eigenvalue weighted by molar-refractivity contribution is -0.149. The summed E-state index contributed by atoms with van der Waals surface area (Å²) in [5.74, 6) is 1.02. The number of halogens is 1. The number of hydrogen-bond acceptors (Lipinski definition) is 5. The first-order valence-corrected chi connectivity index (χ1v) is 7.91. The first kappa shape index (κ1) is 17.2. The fourth-order valence-electron chi connectivity index (χ4n) is 3.85. The Morgan fingerprint density at radius 3 is 3.05 bits per heavy atom. The van der Waals surface area contributed by atoms with E-state index in [4.69, 9.17) is 4.52 Å². The smallest absolute Gasteiger partial charge is 0.311 e. The lowest BCUT2D eigenvalue weighted by Gasteiger charge is -2.23. The molecule has 6 nitrogen and oxygen atoms in total. The number of aromatic nitrogens is 2. The highest BCUT2D eigenvalue weighted by Crippen LogP contribution is 2.49. The fraction of sp³-hybridized carbons (Fsp3) is 0.800. The van der Waals surface area contributed by atoms with Crippen LogP contribution in [0.25, 0.3) is 0 Å². The zero-order valence-electron chi connectivity index (χ0n) is 13.0. The summed E-state index contributed by atoms with van der Waals surface area (Å²) in [6.45, 7) is 4.18. The van der Waals surface area contributed by atoms with E-state index in [1.807, 2.05) is 0 Å². The van der Waals surface area contributed by atoms with Crippen molar-refractivity contribution < 1.29 is 14.4 Å². The summed E-state index contributed by atoms with van der Waals surface area (Å²) in [5.41, 5.74) is -0.533. The van der Waals surface area contributed by atoms with E-state index in [0.29, 0.717) is 24.8 Å². The highest BCUT2D eigenvalue weighted by atomic mass is 35.5. The third kappa shape index (κ3) is 3.13. The maximum absolute atomic E-state index is 11.6. The second-order valence-electron chi connectivity index (χ2n) is 6.43. The number of carboxylic acid groups (broad SMARTS) is 1. The van der Waals surface area contributed by atoms with Crippen LogP contribution in [0.15, 0.2) is 4.52 Å². The van der Waals surface area contributed by atoms with Gasteiger partial charge >= 0.3 is 5.97 Å². The van der Waals surface area contributed by atoms with Crippen molar-refractivity contribution in [3.05, 3.63) is 11.7 Å². The van der Waals surface area contributed by atoms with E-state index in [9.17, 15) is 9.90 Å². The van der Waals surface area contributed by atoms with Crippen LogP contribution in [0, 0.1) is 11.3 Å². The van der Waals surface area contributed by atoms with Crippen molar-refractivity contribution in [3.8, 4) is 0 Å². The van der Waals surface area contributed by atoms with Crippen LogP contribution >= 0.6 is 12.4 Å². The topological polar surface area (TPSA) is 79.5 Å². The third-order valence-electron chi connectivity index (χ3n) is 4.99. The van der Waals surface area contributed by atoms with E-state index in [1.165, 1.54) is 0 Å². The van der Waals surface area contributed by atoms with Gasteiger partial charge in [-0.25, -0.2) is 0 Å². The summed E-state index contributed by atoms with van der Waals surface area (Å²) in [6, 6.07) is 0. The zero-order chi connectivity index (χ0) is 14.9. The quantitative estimate of drug-likeness (QED) is 0.864. The first-order chi connectivity index (χ1) is 10.1. The predicted octanol–water partition coefficient (Wildman–Crippen LogP) is 2.52. The number of unbranched alkanes of at least 4 members (excludes halogenated alkanes) is 1. The number of likely N-dealkylation sites (tertiary alicyclic amines) is 1. The Morgan fingerprint density at radius 2 is 2.36 bits per heavy atom. The lowest BCUT2D eigenvalue weighted by atomic mass is 9.81. The van der Waals surface area contributed by atoms with Gasteiger partial charge in [-0.1, -0.05) is 24.9 Å². The molecule has 1 aromatic heterocycles. The molecule has 2 heterocycles. The second kappa shape index (κ2) is 6.96. The number of nitrogens with zero attached hydrogens (tertiary/aromatic N) is 3. The molecule has 0 amide bonds. The number of aliphatic carboxylic acids is 1. The van der Waals surface area contributed by atoms with Crippen molar-refractivity contribution in [3.63, 3.8) is 0 Å². The number of carboxylic acids is 1. The van der Waals surface area contributed by atoms with Crippen molar-refractivity contribution in [1.82, 2.24) is 15.0 Å². The molecule has 22 heavy (non-hydrogen) atoms. The molecule has 1 N–H and O–H groups in total. The van der Waals surface area contributed by atoms with Crippen LogP contribution in [0.1, 0.15) is 50.7 Å². The third-order valence-corrected chi connectivity index (χ3v) is 4.99. The number of fused-ring (bicyclic) bond motifs is 1. The van der Waals surface area contributed by atoms with Crippen molar-refractivity contribution in [1.29, 1.82) is 0 Å². The molecule has 0 radical (unpaired) electrons. The van der Waals surface area contributed by atoms with E-state index in [1.54, 1.807) is 0 Å². The summed E-state index contributed by atoms with van der Waals surface area (Å²) in [6.07, 6.45) is 5.84. The molecule has 1 aliphatic carbocycles. The van der Waals surface area contributed by atoms with Crippen LogP contribution in [-0.4, -0.2) is 39.2 Å². The molecule has 3 rings (SSSR count). The van der Waals surface area contributed by atoms with Crippen molar-refractivity contribution in [2.45, 2.75) is 52.0 Å². The molecule has 1 saturated heterocycles. The number of aryl methyl sites for hydroxylation is 1. The minimum atomic E-state index is -0.635. The summed E-state index contributed by atoms with van der Waals surface area (Å²) >= 11 is 0. The van der Waals surface area contributed by atoms with Crippen LogP contribution in [0.5, 0.6) is 0 Å². The molecule has 0 spiro atoms. The van der Waals surface area contributed by atoms with Crippen LogP contribution in [0.4, 0.5) is 0 Å². The first-order valence-electron chi connectivity index (χ1n) is 7.91. The molecule has 2 fully saturated rings. The Bertz CT molecular complexity index is 522. The number of hydrogen-bond donors (Lipinski definition) is 1. The molecule has 1 saturated carbocycles. The Morgan fingerprint density at radius 1 is 1.55 bits per heavy atom. The van der Waals surface area contributed by atoms with E-state index in [0.717, 1.165) is 45.1 Å². The number of rotatable bonds is 6. The normalized spacial score (nSPS) is 27.6. The predicted molar refractivity (Wildman–Crippen MR) is 82.8 cm³/mol. The Hall–Kier alpha value is -1.14. The average Bonchev–Trinajstić information content (AvgIpc) is 3.10. The maximum Gasteiger partial charge on any atom is 0.311 e. The second-order valence-corrected chi connectivity index (χ2v) is 6.43. The molecule has 2 atom stereocenters. The highest BCUT2D eigenvalue weighted by molar-refractivity contribution is 5.85. The summed E-state index contributed by atoms with van der Waals surface area (Å²) < 4.78 is 5.24. The standard InChI is InChI=1S/C15H23N3O3.ClH/c1-2-3-6-13-16-12(17-21-13)9-18-8-11-5-4-7-15(11,10-18)14(19)20;/h11H,2-10H2,1H3,(H,19,20);1H/t11-,15+;/m0./s1. The Labute approximate surface area is 136 Å². The van der Waals surface area contributed by atoms with Gasteiger partial charge in [-0.05, 0) is 25.2 Å². The van der Waals surface area contributed by atoms with Gasteiger partial charge in [0.25, 0.3) is 0 Å². The molecule has 124 valence electrons.